The maximum absolute atomic E-state index is 16.2. The van der Waals surface area contributed by atoms with Crippen LogP contribution in [-0.4, -0.2) is 49.5 Å². The molecule has 2 unspecified atom stereocenters. The van der Waals surface area contributed by atoms with Gasteiger partial charge in [-0.2, -0.15) is 13.5 Å². The van der Waals surface area contributed by atoms with Gasteiger partial charge < -0.3 is 15.4 Å². The summed E-state index contributed by atoms with van der Waals surface area (Å²) in [5.41, 5.74) is 5.72. The maximum Gasteiger partial charge on any atom is 0.298 e. The van der Waals surface area contributed by atoms with E-state index in [1.54, 1.807) is 18.2 Å². The molecule has 0 spiro atoms. The summed E-state index contributed by atoms with van der Waals surface area (Å²) in [6, 6.07) is 12.3. The number of rotatable bonds is 8. The third-order valence-electron chi connectivity index (χ3n) is 8.83. The first-order chi connectivity index (χ1) is 20.0. The highest BCUT2D eigenvalue weighted by atomic mass is 127. The number of carbonyl (C=O) groups excluding carboxylic acids is 1. The first kappa shape index (κ1) is 29.7. The SMILES string of the molecule is NC1CC2CCC(C1)N2C(=O)[C@H](NS(=O)(=O)c1ccc2cc(OC3CCCC3)ccc2c1)C(F)(F)c1ccc(I)cc1. The van der Waals surface area contributed by atoms with Crippen LogP contribution in [0, 0.1) is 3.57 Å². The Morgan fingerprint density at radius 3 is 2.24 bits per heavy atom. The van der Waals surface area contributed by atoms with Crippen molar-refractivity contribution < 1.29 is 26.7 Å². The molecule has 0 radical (unpaired) electrons. The van der Waals surface area contributed by atoms with Gasteiger partial charge in [0.15, 0.2) is 6.04 Å². The molecule has 6 rings (SSSR count). The van der Waals surface area contributed by atoms with Gasteiger partial charge in [0, 0.05) is 27.3 Å². The van der Waals surface area contributed by atoms with Gasteiger partial charge >= 0.3 is 0 Å². The van der Waals surface area contributed by atoms with Crippen LogP contribution in [0.4, 0.5) is 8.78 Å². The number of amides is 1. The van der Waals surface area contributed by atoms with Crippen LogP contribution in [0.3, 0.4) is 0 Å². The van der Waals surface area contributed by atoms with Gasteiger partial charge in [0.2, 0.25) is 15.9 Å². The fraction of sp³-hybridized carbons (Fsp3) is 0.452. The molecule has 1 saturated carbocycles. The van der Waals surface area contributed by atoms with E-state index in [9.17, 15) is 13.2 Å². The number of nitrogens with two attached hydrogens (primary N) is 1. The molecule has 2 saturated heterocycles. The van der Waals surface area contributed by atoms with Crippen molar-refractivity contribution in [3.05, 3.63) is 69.8 Å². The summed E-state index contributed by atoms with van der Waals surface area (Å²) in [6.07, 6.45) is 6.84. The lowest BCUT2D eigenvalue weighted by Crippen LogP contribution is -2.60. The molecule has 11 heteroatoms. The lowest BCUT2D eigenvalue weighted by molar-refractivity contribution is -0.149. The van der Waals surface area contributed by atoms with E-state index in [-0.39, 0.29) is 29.1 Å². The number of sulfonamides is 1. The first-order valence-electron chi connectivity index (χ1n) is 14.5. The summed E-state index contributed by atoms with van der Waals surface area (Å²) in [4.78, 5) is 15.2. The van der Waals surface area contributed by atoms with E-state index < -0.39 is 33.5 Å². The number of nitrogens with zero attached hydrogens (tertiary/aromatic N) is 1. The second-order valence-corrected chi connectivity index (χ2v) is 14.7. The van der Waals surface area contributed by atoms with Crippen LogP contribution in [0.2, 0.25) is 0 Å². The van der Waals surface area contributed by atoms with Gasteiger partial charge in [-0.25, -0.2) is 8.42 Å². The maximum atomic E-state index is 16.2. The highest BCUT2D eigenvalue weighted by Gasteiger charge is 2.53. The van der Waals surface area contributed by atoms with Crippen molar-refractivity contribution >= 4 is 49.3 Å². The summed E-state index contributed by atoms with van der Waals surface area (Å²) >= 11 is 2.01. The Bertz CT molecular complexity index is 1570. The molecule has 224 valence electrons. The summed E-state index contributed by atoms with van der Waals surface area (Å²) in [5.74, 6) is -4.02. The third kappa shape index (κ3) is 5.89. The second-order valence-electron chi connectivity index (χ2n) is 11.7. The van der Waals surface area contributed by atoms with Crippen LogP contribution in [0.15, 0.2) is 65.6 Å². The van der Waals surface area contributed by atoms with Gasteiger partial charge in [-0.1, -0.05) is 24.3 Å². The monoisotopic (exact) mass is 709 g/mol. The van der Waals surface area contributed by atoms with Gasteiger partial charge in [0.25, 0.3) is 5.92 Å². The van der Waals surface area contributed by atoms with Gasteiger partial charge in [-0.05, 0) is 121 Å². The Balaban J connectivity index is 1.31. The van der Waals surface area contributed by atoms with E-state index >= 15 is 8.78 Å². The zero-order valence-corrected chi connectivity index (χ0v) is 26.0. The minimum Gasteiger partial charge on any atom is -0.490 e. The summed E-state index contributed by atoms with van der Waals surface area (Å²) in [5, 5.41) is 1.38. The van der Waals surface area contributed by atoms with Crippen LogP contribution >= 0.6 is 22.6 Å². The largest absolute Gasteiger partial charge is 0.490 e. The lowest BCUT2D eigenvalue weighted by atomic mass is 9.95. The number of piperidine rings is 1. The molecular formula is C31H34F2IN3O4S. The normalized spacial score (nSPS) is 23.8. The first-order valence-corrected chi connectivity index (χ1v) is 17.0. The highest BCUT2D eigenvalue weighted by Crippen LogP contribution is 2.40. The van der Waals surface area contributed by atoms with Crippen molar-refractivity contribution in [2.45, 2.75) is 92.5 Å². The quantitative estimate of drug-likeness (QED) is 0.293. The molecular weight excluding hydrogens is 675 g/mol. The van der Waals surface area contributed by atoms with Gasteiger partial charge in [0.1, 0.15) is 5.75 Å². The van der Waals surface area contributed by atoms with Gasteiger partial charge in [0.05, 0.1) is 11.0 Å². The smallest absolute Gasteiger partial charge is 0.298 e. The average molecular weight is 710 g/mol. The van der Waals surface area contributed by atoms with E-state index in [1.807, 2.05) is 28.7 Å². The van der Waals surface area contributed by atoms with Gasteiger partial charge in [-0.3, -0.25) is 4.79 Å². The van der Waals surface area contributed by atoms with Crippen LogP contribution in [0.25, 0.3) is 10.8 Å². The van der Waals surface area contributed by atoms with E-state index in [0.29, 0.717) is 36.8 Å². The van der Waals surface area contributed by atoms with Crippen LogP contribution in [0.1, 0.15) is 56.9 Å². The lowest BCUT2D eigenvalue weighted by Gasteiger charge is -2.41. The van der Waals surface area contributed by atoms with Crippen molar-refractivity contribution in [3.63, 3.8) is 0 Å². The Hall–Kier alpha value is -2.35. The molecule has 3 N–H and O–H groups in total. The third-order valence-corrected chi connectivity index (χ3v) is 11.0. The number of benzene rings is 3. The van der Waals surface area contributed by atoms with Crippen LogP contribution in [0.5, 0.6) is 5.75 Å². The molecule has 2 aliphatic heterocycles. The number of alkyl halides is 2. The van der Waals surface area contributed by atoms with E-state index in [2.05, 4.69) is 4.72 Å². The average Bonchev–Trinajstić information content (AvgIpc) is 3.56. The summed E-state index contributed by atoms with van der Waals surface area (Å²) in [7, 11) is -4.52. The summed E-state index contributed by atoms with van der Waals surface area (Å²) < 4.78 is 68.7. The van der Waals surface area contributed by atoms with Crippen molar-refractivity contribution in [1.29, 1.82) is 0 Å². The number of hydrogen-bond acceptors (Lipinski definition) is 5. The Morgan fingerprint density at radius 1 is 0.952 bits per heavy atom. The molecule has 1 amide bonds. The van der Waals surface area contributed by atoms with Crippen molar-refractivity contribution in [2.24, 2.45) is 5.73 Å². The van der Waals surface area contributed by atoms with Crippen LogP contribution in [-0.2, 0) is 20.7 Å². The Kier molecular flexibility index (Phi) is 8.22. The fourth-order valence-electron chi connectivity index (χ4n) is 6.71. The number of halogens is 3. The molecule has 42 heavy (non-hydrogen) atoms. The number of nitrogens with one attached hydrogen (secondary N) is 1. The molecule has 3 fully saturated rings. The van der Waals surface area contributed by atoms with Crippen LogP contribution < -0.4 is 15.2 Å². The predicted octanol–water partition coefficient (Wildman–Crippen LogP) is 5.69. The molecule has 3 aromatic rings. The van der Waals surface area contributed by atoms with E-state index in [0.717, 1.165) is 34.6 Å². The minimum absolute atomic E-state index is 0.111. The topological polar surface area (TPSA) is 102 Å². The highest BCUT2D eigenvalue weighted by molar-refractivity contribution is 14.1. The molecule has 3 aliphatic rings. The number of ether oxygens (including phenoxy) is 1. The Labute approximate surface area is 258 Å². The molecule has 3 atom stereocenters. The molecule has 3 aromatic carbocycles. The zero-order valence-electron chi connectivity index (χ0n) is 23.0. The number of hydrogen-bond donors (Lipinski definition) is 2. The number of fused-ring (bicyclic) bond motifs is 3. The molecule has 2 heterocycles. The minimum atomic E-state index is -4.52. The molecule has 7 nitrogen and oxygen atoms in total. The second kappa shape index (κ2) is 11.6. The van der Waals surface area contributed by atoms with Crippen molar-refractivity contribution in [2.75, 3.05) is 0 Å². The molecule has 1 aliphatic carbocycles. The van der Waals surface area contributed by atoms with Crippen molar-refractivity contribution in [3.8, 4) is 5.75 Å². The number of carbonyl (C=O) groups is 1. The Morgan fingerprint density at radius 2 is 1.57 bits per heavy atom. The van der Waals surface area contributed by atoms with Gasteiger partial charge in [-0.15, -0.1) is 0 Å². The van der Waals surface area contributed by atoms with E-state index in [1.165, 1.54) is 41.3 Å². The zero-order chi connectivity index (χ0) is 29.6. The fourth-order valence-corrected chi connectivity index (χ4v) is 8.29. The van der Waals surface area contributed by atoms with E-state index in [4.69, 9.17) is 10.5 Å². The molecule has 0 aromatic heterocycles. The standard InChI is InChI=1S/C31H34F2IN3O4S/c32-31(33,21-7-9-22(34)10-8-21)29(30(38)37-24-11-12-25(37)18-23(35)17-24)36-42(39,40)28-14-6-19-15-27(13-5-20(19)16-28)41-26-3-1-2-4-26/h5-10,13-16,23-26,29,36H,1-4,11-12,17-18,35H2/t23?,24?,25?,29-/m0/s1. The van der Waals surface area contributed by atoms with Crippen molar-refractivity contribution in [1.82, 2.24) is 9.62 Å². The predicted molar refractivity (Wildman–Crippen MR) is 165 cm³/mol. The summed E-state index contributed by atoms with van der Waals surface area (Å²) in [6.45, 7) is 0. The molecule has 2 bridgehead atoms.